The molecule has 20 heavy (non-hydrogen) atoms. The summed E-state index contributed by atoms with van der Waals surface area (Å²) in [7, 11) is 0. The fraction of sp³-hybridized carbons (Fsp3) is 0.571. The number of rotatable bonds is 6. The molecule has 1 aromatic rings. The highest BCUT2D eigenvalue weighted by atomic mass is 32.2. The molecule has 0 amide bonds. The van der Waals surface area contributed by atoms with E-state index in [1.54, 1.807) is 23.9 Å². The second-order valence-corrected chi connectivity index (χ2v) is 6.68. The van der Waals surface area contributed by atoms with Crippen molar-refractivity contribution in [1.29, 1.82) is 0 Å². The zero-order valence-electron chi connectivity index (χ0n) is 11.8. The fourth-order valence-corrected chi connectivity index (χ4v) is 3.64. The van der Waals surface area contributed by atoms with Crippen molar-refractivity contribution in [3.63, 3.8) is 0 Å². The summed E-state index contributed by atoms with van der Waals surface area (Å²) in [5, 5.41) is 24.7. The van der Waals surface area contributed by atoms with Crippen LogP contribution in [0, 0.1) is 17.0 Å². The molecule has 6 heteroatoms. The zero-order valence-corrected chi connectivity index (χ0v) is 12.6. The average molecular weight is 296 g/mol. The van der Waals surface area contributed by atoms with Gasteiger partial charge in [-0.05, 0) is 37.1 Å². The highest BCUT2D eigenvalue weighted by Gasteiger charge is 2.44. The quantitative estimate of drug-likeness (QED) is 0.623. The van der Waals surface area contributed by atoms with Gasteiger partial charge >= 0.3 is 0 Å². The third kappa shape index (κ3) is 3.07. The summed E-state index contributed by atoms with van der Waals surface area (Å²) in [6.07, 6.45) is 1.86. The van der Waals surface area contributed by atoms with Crippen molar-refractivity contribution in [1.82, 2.24) is 0 Å². The maximum absolute atomic E-state index is 10.7. The number of aryl methyl sites for hydroxylation is 1. The lowest BCUT2D eigenvalue weighted by Crippen LogP contribution is -2.54. The zero-order chi connectivity index (χ0) is 14.8. The molecule has 0 aliphatic heterocycles. The molecule has 1 aliphatic carbocycles. The van der Waals surface area contributed by atoms with Crippen LogP contribution in [0.15, 0.2) is 18.2 Å². The van der Waals surface area contributed by atoms with Crippen LogP contribution in [0.2, 0.25) is 0 Å². The number of benzene rings is 1. The molecule has 0 spiro atoms. The third-order valence-electron chi connectivity index (χ3n) is 3.81. The molecule has 1 fully saturated rings. The molecule has 0 aromatic heterocycles. The van der Waals surface area contributed by atoms with Crippen LogP contribution in [0.3, 0.4) is 0 Å². The Morgan fingerprint density at radius 1 is 1.60 bits per heavy atom. The van der Waals surface area contributed by atoms with Gasteiger partial charge in [0.25, 0.3) is 5.69 Å². The molecule has 2 atom stereocenters. The van der Waals surface area contributed by atoms with E-state index in [1.165, 1.54) is 6.07 Å². The van der Waals surface area contributed by atoms with Crippen molar-refractivity contribution in [2.75, 3.05) is 17.6 Å². The smallest absolute Gasteiger partial charge is 0.269 e. The van der Waals surface area contributed by atoms with Gasteiger partial charge in [0.1, 0.15) is 0 Å². The van der Waals surface area contributed by atoms with Gasteiger partial charge in [-0.3, -0.25) is 10.1 Å². The normalized spacial score (nSPS) is 25.1. The van der Waals surface area contributed by atoms with Crippen molar-refractivity contribution in [2.24, 2.45) is 0 Å². The van der Waals surface area contributed by atoms with Gasteiger partial charge in [-0.1, -0.05) is 6.92 Å². The standard InChI is InChI=1S/C14H20N2O3S/c1-3-20-13-6-7-14(13,17)9-15-12-5-4-11(16(18)19)8-10(12)2/h4-5,8,13,15,17H,3,6-7,9H2,1-2H3. The highest BCUT2D eigenvalue weighted by Crippen LogP contribution is 2.41. The molecular formula is C14H20N2O3S. The summed E-state index contributed by atoms with van der Waals surface area (Å²) in [5.41, 5.74) is 1.10. The van der Waals surface area contributed by atoms with Crippen LogP contribution in [0.5, 0.6) is 0 Å². The minimum Gasteiger partial charge on any atom is -0.387 e. The third-order valence-corrected chi connectivity index (χ3v) is 5.22. The molecule has 1 aliphatic rings. The molecule has 0 saturated heterocycles. The summed E-state index contributed by atoms with van der Waals surface area (Å²) >= 11 is 1.79. The van der Waals surface area contributed by atoms with Crippen LogP contribution in [0.4, 0.5) is 11.4 Å². The van der Waals surface area contributed by atoms with Crippen LogP contribution in [0.1, 0.15) is 25.3 Å². The van der Waals surface area contributed by atoms with Crippen LogP contribution < -0.4 is 5.32 Å². The Morgan fingerprint density at radius 2 is 2.35 bits per heavy atom. The first-order chi connectivity index (χ1) is 9.46. The largest absolute Gasteiger partial charge is 0.387 e. The number of aliphatic hydroxyl groups is 1. The predicted octanol–water partition coefficient (Wildman–Crippen LogP) is 2.96. The molecule has 2 unspecified atom stereocenters. The molecule has 0 bridgehead atoms. The molecule has 1 aromatic carbocycles. The maximum atomic E-state index is 10.7. The summed E-state index contributed by atoms with van der Waals surface area (Å²) in [5.74, 6) is 1.00. The number of anilines is 1. The fourth-order valence-electron chi connectivity index (χ4n) is 2.45. The van der Waals surface area contributed by atoms with E-state index in [0.29, 0.717) is 11.8 Å². The van der Waals surface area contributed by atoms with Gasteiger partial charge in [-0.15, -0.1) is 0 Å². The van der Waals surface area contributed by atoms with E-state index in [-0.39, 0.29) is 5.69 Å². The number of thioether (sulfide) groups is 1. The van der Waals surface area contributed by atoms with Gasteiger partial charge in [-0.2, -0.15) is 11.8 Å². The van der Waals surface area contributed by atoms with E-state index in [4.69, 9.17) is 0 Å². The first kappa shape index (κ1) is 15.1. The monoisotopic (exact) mass is 296 g/mol. The Labute approximate surface area is 122 Å². The Hall–Kier alpha value is -1.27. The van der Waals surface area contributed by atoms with E-state index in [0.717, 1.165) is 29.8 Å². The summed E-state index contributed by atoms with van der Waals surface area (Å²) < 4.78 is 0. The molecule has 1 saturated carbocycles. The van der Waals surface area contributed by atoms with E-state index in [2.05, 4.69) is 12.2 Å². The Morgan fingerprint density at radius 3 is 2.85 bits per heavy atom. The SMILES string of the molecule is CCSC1CCC1(O)CNc1ccc([N+](=O)[O-])cc1C. The topological polar surface area (TPSA) is 75.4 Å². The van der Waals surface area contributed by atoms with Gasteiger partial charge in [0.05, 0.1) is 10.5 Å². The van der Waals surface area contributed by atoms with E-state index < -0.39 is 10.5 Å². The minimum atomic E-state index is -0.658. The number of non-ortho nitro benzene ring substituents is 1. The Balaban J connectivity index is 1.99. The van der Waals surface area contributed by atoms with Gasteiger partial charge in [-0.25, -0.2) is 0 Å². The van der Waals surface area contributed by atoms with Crippen LogP contribution in [0.25, 0.3) is 0 Å². The summed E-state index contributed by atoms with van der Waals surface area (Å²) in [6.45, 7) is 4.42. The van der Waals surface area contributed by atoms with Crippen molar-refractivity contribution in [3.8, 4) is 0 Å². The summed E-state index contributed by atoms with van der Waals surface area (Å²) in [6, 6.07) is 4.74. The van der Waals surface area contributed by atoms with E-state index in [9.17, 15) is 15.2 Å². The van der Waals surface area contributed by atoms with Crippen molar-refractivity contribution in [3.05, 3.63) is 33.9 Å². The molecule has 5 nitrogen and oxygen atoms in total. The van der Waals surface area contributed by atoms with Gasteiger partial charge in [0.15, 0.2) is 0 Å². The molecule has 0 heterocycles. The first-order valence-electron chi connectivity index (χ1n) is 6.79. The number of hydrogen-bond donors (Lipinski definition) is 2. The lowest BCUT2D eigenvalue weighted by molar-refractivity contribution is -0.384. The maximum Gasteiger partial charge on any atom is 0.269 e. The Bertz CT molecular complexity index is 509. The van der Waals surface area contributed by atoms with Gasteiger partial charge in [0, 0.05) is 29.6 Å². The second kappa shape index (κ2) is 6.01. The number of nitrogens with zero attached hydrogens (tertiary/aromatic N) is 1. The first-order valence-corrected chi connectivity index (χ1v) is 7.84. The van der Waals surface area contributed by atoms with E-state index in [1.807, 2.05) is 6.92 Å². The molecule has 110 valence electrons. The minimum absolute atomic E-state index is 0.0924. The molecule has 0 radical (unpaired) electrons. The van der Waals surface area contributed by atoms with Crippen LogP contribution >= 0.6 is 11.8 Å². The summed E-state index contributed by atoms with van der Waals surface area (Å²) in [4.78, 5) is 10.3. The second-order valence-electron chi connectivity index (χ2n) is 5.20. The van der Waals surface area contributed by atoms with Crippen molar-refractivity contribution < 1.29 is 10.0 Å². The van der Waals surface area contributed by atoms with Crippen LogP contribution in [-0.2, 0) is 0 Å². The lowest BCUT2D eigenvalue weighted by atomic mass is 9.79. The average Bonchev–Trinajstić information content (AvgIpc) is 2.41. The van der Waals surface area contributed by atoms with E-state index >= 15 is 0 Å². The Kier molecular flexibility index (Phi) is 4.55. The highest BCUT2D eigenvalue weighted by molar-refractivity contribution is 8.00. The number of nitro benzene ring substituents is 1. The number of nitrogens with one attached hydrogen (secondary N) is 1. The predicted molar refractivity (Wildman–Crippen MR) is 82.4 cm³/mol. The van der Waals surface area contributed by atoms with Crippen LogP contribution in [-0.4, -0.2) is 33.2 Å². The lowest BCUT2D eigenvalue weighted by Gasteiger charge is -2.45. The molecule has 2 N–H and O–H groups in total. The van der Waals surface area contributed by atoms with Crippen molar-refractivity contribution in [2.45, 2.75) is 37.5 Å². The van der Waals surface area contributed by atoms with Gasteiger partial charge < -0.3 is 10.4 Å². The number of nitro groups is 1. The molecule has 2 rings (SSSR count). The van der Waals surface area contributed by atoms with Gasteiger partial charge in [0.2, 0.25) is 0 Å². The number of hydrogen-bond acceptors (Lipinski definition) is 5. The van der Waals surface area contributed by atoms with Crippen molar-refractivity contribution >= 4 is 23.1 Å². The molecular weight excluding hydrogens is 276 g/mol.